The lowest BCUT2D eigenvalue weighted by molar-refractivity contribution is -0.122. The Kier molecular flexibility index (Phi) is 3.21. The van der Waals surface area contributed by atoms with Crippen molar-refractivity contribution in [1.29, 1.82) is 0 Å². The zero-order valence-corrected chi connectivity index (χ0v) is 10.2. The molecule has 0 aliphatic heterocycles. The molecule has 0 unspecified atom stereocenters. The number of hydrogen-bond acceptors (Lipinski definition) is 3. The first-order valence-electron chi connectivity index (χ1n) is 4.73. The molecule has 0 aliphatic carbocycles. The molecule has 1 heterocycles. The molecule has 0 saturated heterocycles. The minimum Gasteiger partial charge on any atom is -0.319 e. The van der Waals surface area contributed by atoms with Crippen LogP contribution in [0, 0.1) is 6.92 Å². The third kappa shape index (κ3) is 2.58. The summed E-state index contributed by atoms with van der Waals surface area (Å²) in [4.78, 5) is 11.7. The lowest BCUT2D eigenvalue weighted by Crippen LogP contribution is -2.42. The van der Waals surface area contributed by atoms with E-state index in [2.05, 4.69) is 5.10 Å². The molecule has 0 amide bonds. The zero-order valence-electron chi connectivity index (χ0n) is 9.47. The van der Waals surface area contributed by atoms with Crippen LogP contribution in [0.15, 0.2) is 0 Å². The molecule has 0 atom stereocenters. The molecule has 0 aliphatic rings. The molecule has 84 valence electrons. The molecule has 2 N–H and O–H groups in total. The van der Waals surface area contributed by atoms with Gasteiger partial charge in [0.05, 0.1) is 28.4 Å². The van der Waals surface area contributed by atoms with Gasteiger partial charge in [0.1, 0.15) is 0 Å². The number of aromatic nitrogens is 2. The maximum Gasteiger partial charge on any atom is 0.158 e. The first-order valence-corrected chi connectivity index (χ1v) is 5.11. The Morgan fingerprint density at radius 1 is 1.60 bits per heavy atom. The predicted octanol–water partition coefficient (Wildman–Crippen LogP) is 1.23. The second-order valence-corrected chi connectivity index (χ2v) is 4.67. The number of ketones is 1. The Labute approximate surface area is 94.4 Å². The van der Waals surface area contributed by atoms with Crippen molar-refractivity contribution in [2.45, 2.75) is 32.7 Å². The zero-order chi connectivity index (χ0) is 11.8. The largest absolute Gasteiger partial charge is 0.319 e. The first kappa shape index (κ1) is 12.2. The molecule has 1 aromatic rings. The van der Waals surface area contributed by atoms with Gasteiger partial charge in [0, 0.05) is 7.05 Å². The Bertz CT molecular complexity index is 390. The van der Waals surface area contributed by atoms with Crippen LogP contribution in [-0.2, 0) is 18.3 Å². The fourth-order valence-electron chi connectivity index (χ4n) is 1.25. The highest BCUT2D eigenvalue weighted by molar-refractivity contribution is 6.32. The average Bonchev–Trinajstić information content (AvgIpc) is 2.30. The number of rotatable bonds is 3. The number of carbonyl (C=O) groups is 1. The quantitative estimate of drug-likeness (QED) is 0.848. The van der Waals surface area contributed by atoms with Crippen molar-refractivity contribution < 1.29 is 4.79 Å². The van der Waals surface area contributed by atoms with Gasteiger partial charge in [-0.1, -0.05) is 11.6 Å². The third-order valence-corrected chi connectivity index (χ3v) is 2.80. The molecule has 0 spiro atoms. The number of Topliss-reactive ketones (excluding diaryl/α,β-unsaturated/α-hetero) is 1. The molecule has 0 fully saturated rings. The Hall–Kier alpha value is -0.870. The lowest BCUT2D eigenvalue weighted by Gasteiger charge is -2.16. The second-order valence-electron chi connectivity index (χ2n) is 4.29. The molecule has 1 aromatic heterocycles. The minimum atomic E-state index is -0.832. The smallest absolute Gasteiger partial charge is 0.158 e. The number of nitrogens with zero attached hydrogens (tertiary/aromatic N) is 2. The van der Waals surface area contributed by atoms with Crippen molar-refractivity contribution in [3.63, 3.8) is 0 Å². The molecule has 4 nitrogen and oxygen atoms in total. The van der Waals surface area contributed by atoms with E-state index in [0.717, 1.165) is 11.4 Å². The summed E-state index contributed by atoms with van der Waals surface area (Å²) < 4.78 is 1.63. The fraction of sp³-hybridized carbons (Fsp3) is 0.600. The summed E-state index contributed by atoms with van der Waals surface area (Å²) in [5.41, 5.74) is 6.33. The van der Waals surface area contributed by atoms with Crippen molar-refractivity contribution in [1.82, 2.24) is 9.78 Å². The van der Waals surface area contributed by atoms with Crippen LogP contribution in [0.2, 0.25) is 5.02 Å². The second kappa shape index (κ2) is 3.94. The molecule has 0 radical (unpaired) electrons. The van der Waals surface area contributed by atoms with E-state index < -0.39 is 5.54 Å². The van der Waals surface area contributed by atoms with Crippen LogP contribution in [0.4, 0.5) is 0 Å². The highest BCUT2D eigenvalue weighted by Crippen LogP contribution is 2.21. The normalized spacial score (nSPS) is 11.9. The monoisotopic (exact) mass is 229 g/mol. The van der Waals surface area contributed by atoms with Crippen molar-refractivity contribution in [3.05, 3.63) is 16.4 Å². The van der Waals surface area contributed by atoms with Crippen molar-refractivity contribution in [2.24, 2.45) is 12.8 Å². The highest BCUT2D eigenvalue weighted by atomic mass is 35.5. The van der Waals surface area contributed by atoms with Crippen LogP contribution in [0.25, 0.3) is 0 Å². The van der Waals surface area contributed by atoms with Gasteiger partial charge in [-0.15, -0.1) is 0 Å². The van der Waals surface area contributed by atoms with Crippen molar-refractivity contribution in [2.75, 3.05) is 0 Å². The van der Waals surface area contributed by atoms with E-state index in [9.17, 15) is 4.79 Å². The van der Waals surface area contributed by atoms with Gasteiger partial charge < -0.3 is 5.73 Å². The van der Waals surface area contributed by atoms with Crippen LogP contribution >= 0.6 is 11.6 Å². The Morgan fingerprint density at radius 3 is 2.47 bits per heavy atom. The number of nitrogens with two attached hydrogens (primary N) is 1. The van der Waals surface area contributed by atoms with Crippen molar-refractivity contribution >= 4 is 17.4 Å². The number of aryl methyl sites for hydroxylation is 2. The SMILES string of the molecule is Cc1nn(C)c(CC(=O)C(C)(C)N)c1Cl. The van der Waals surface area contributed by atoms with Crippen LogP contribution in [0.1, 0.15) is 25.2 Å². The van der Waals surface area contributed by atoms with E-state index in [0.29, 0.717) is 5.02 Å². The Balaban J connectivity index is 2.95. The van der Waals surface area contributed by atoms with Gasteiger partial charge >= 0.3 is 0 Å². The first-order chi connectivity index (χ1) is 6.73. The molecule has 0 bridgehead atoms. The molecular weight excluding hydrogens is 214 g/mol. The van der Waals surface area contributed by atoms with E-state index >= 15 is 0 Å². The van der Waals surface area contributed by atoms with E-state index in [1.54, 1.807) is 25.6 Å². The van der Waals surface area contributed by atoms with Gasteiger partial charge in [-0.05, 0) is 20.8 Å². The van der Waals surface area contributed by atoms with Gasteiger partial charge in [0.15, 0.2) is 5.78 Å². The molecular formula is C10H16ClN3O. The summed E-state index contributed by atoms with van der Waals surface area (Å²) in [6.45, 7) is 5.18. The summed E-state index contributed by atoms with van der Waals surface area (Å²) in [6, 6.07) is 0. The highest BCUT2D eigenvalue weighted by Gasteiger charge is 2.24. The Morgan fingerprint density at radius 2 is 2.13 bits per heavy atom. The average molecular weight is 230 g/mol. The fourth-order valence-corrected chi connectivity index (χ4v) is 1.48. The molecule has 5 heteroatoms. The van der Waals surface area contributed by atoms with Crippen LogP contribution in [0.3, 0.4) is 0 Å². The molecule has 0 saturated carbocycles. The van der Waals surface area contributed by atoms with Crippen LogP contribution in [0.5, 0.6) is 0 Å². The maximum absolute atomic E-state index is 11.7. The molecule has 15 heavy (non-hydrogen) atoms. The summed E-state index contributed by atoms with van der Waals surface area (Å²) in [6.07, 6.45) is 0.222. The number of halogens is 1. The van der Waals surface area contributed by atoms with E-state index in [1.165, 1.54) is 0 Å². The third-order valence-electron chi connectivity index (χ3n) is 2.31. The van der Waals surface area contributed by atoms with Gasteiger partial charge in [0.25, 0.3) is 0 Å². The topological polar surface area (TPSA) is 60.9 Å². The maximum atomic E-state index is 11.7. The molecule has 0 aromatic carbocycles. The number of hydrogen-bond donors (Lipinski definition) is 1. The molecule has 1 rings (SSSR count). The minimum absolute atomic E-state index is 0.0487. The lowest BCUT2D eigenvalue weighted by atomic mass is 9.97. The summed E-state index contributed by atoms with van der Waals surface area (Å²) in [5, 5.41) is 4.69. The van der Waals surface area contributed by atoms with E-state index in [-0.39, 0.29) is 12.2 Å². The van der Waals surface area contributed by atoms with E-state index in [1.807, 2.05) is 6.92 Å². The van der Waals surface area contributed by atoms with Crippen LogP contribution in [-0.4, -0.2) is 21.1 Å². The van der Waals surface area contributed by atoms with Gasteiger partial charge in [-0.2, -0.15) is 5.10 Å². The van der Waals surface area contributed by atoms with Crippen molar-refractivity contribution in [3.8, 4) is 0 Å². The number of carbonyl (C=O) groups excluding carboxylic acids is 1. The summed E-state index contributed by atoms with van der Waals surface area (Å²) in [7, 11) is 1.77. The van der Waals surface area contributed by atoms with Gasteiger partial charge in [0.2, 0.25) is 0 Å². The van der Waals surface area contributed by atoms with Gasteiger partial charge in [-0.3, -0.25) is 9.48 Å². The predicted molar refractivity (Wildman–Crippen MR) is 59.9 cm³/mol. The summed E-state index contributed by atoms with van der Waals surface area (Å²) in [5.74, 6) is -0.0487. The van der Waals surface area contributed by atoms with Gasteiger partial charge in [-0.25, -0.2) is 0 Å². The summed E-state index contributed by atoms with van der Waals surface area (Å²) >= 11 is 6.03. The van der Waals surface area contributed by atoms with E-state index in [4.69, 9.17) is 17.3 Å². The standard InChI is InChI=1S/C10H16ClN3O/c1-6-9(11)7(14(4)13-6)5-8(15)10(2,3)12/h5,12H2,1-4H3. The van der Waals surface area contributed by atoms with Crippen LogP contribution < -0.4 is 5.73 Å².